The summed E-state index contributed by atoms with van der Waals surface area (Å²) in [5.41, 5.74) is -0.0372. The molecule has 1 radical (unpaired) electrons. The van der Waals surface area contributed by atoms with Crippen LogP contribution in [-0.2, 0) is 0 Å². The fourth-order valence-electron chi connectivity index (χ4n) is 0.785. The van der Waals surface area contributed by atoms with Gasteiger partial charge in [-0.3, -0.25) is 0 Å². The molecule has 0 aromatic heterocycles. The molecule has 0 saturated heterocycles. The van der Waals surface area contributed by atoms with Crippen LogP contribution in [0.4, 0.5) is 0 Å². The van der Waals surface area contributed by atoms with E-state index in [1.807, 2.05) is 0 Å². The minimum absolute atomic E-state index is 0. The van der Waals surface area contributed by atoms with E-state index in [1.165, 1.54) is 18.2 Å². The van der Waals surface area contributed by atoms with Crippen molar-refractivity contribution in [1.29, 1.82) is 0 Å². The van der Waals surface area contributed by atoms with E-state index < -0.39 is 11.9 Å². The van der Waals surface area contributed by atoms with Crippen molar-refractivity contribution in [3.63, 3.8) is 0 Å². The molecule has 0 heterocycles. The Morgan fingerprint density at radius 3 is 1.69 bits per heavy atom. The summed E-state index contributed by atoms with van der Waals surface area (Å²) in [6.45, 7) is 0. The molecule has 1 aromatic carbocycles. The summed E-state index contributed by atoms with van der Waals surface area (Å²) < 4.78 is 0. The van der Waals surface area contributed by atoms with Gasteiger partial charge in [-0.15, -0.1) is 0 Å². The maximum absolute atomic E-state index is 10.4. The summed E-state index contributed by atoms with van der Waals surface area (Å²) in [6, 6.07) is 5.20. The van der Waals surface area contributed by atoms with Gasteiger partial charge in [0.05, 0.1) is 11.1 Å². The molecule has 4 nitrogen and oxygen atoms in total. The van der Waals surface area contributed by atoms with Gasteiger partial charge in [0.15, 0.2) is 0 Å². The number of aromatic carboxylic acids is 2. The zero-order valence-electron chi connectivity index (χ0n) is 7.02. The Kier molecular flexibility index (Phi) is 5.42. The number of hydrogen-bond donors (Lipinski definition) is 2. The monoisotopic (exact) mass is 205 g/mol. The Labute approximate surface area is 117 Å². The van der Waals surface area contributed by atoms with Gasteiger partial charge in [0.25, 0.3) is 0 Å². The minimum atomic E-state index is -1.13. The van der Waals surface area contributed by atoms with Gasteiger partial charge < -0.3 is 10.2 Å². The topological polar surface area (TPSA) is 74.6 Å². The van der Waals surface area contributed by atoms with E-state index in [2.05, 4.69) is 0 Å². The van der Waals surface area contributed by atoms with Gasteiger partial charge in [0.2, 0.25) is 0 Å². The largest absolute Gasteiger partial charge is 0.478 e. The molecule has 0 aliphatic heterocycles. The maximum Gasteiger partial charge on any atom is 0.335 e. The number of carbonyl (C=O) groups is 2. The Morgan fingerprint density at radius 1 is 1.00 bits per heavy atom. The Balaban J connectivity index is 0.00000144. The molecule has 13 heavy (non-hydrogen) atoms. The van der Waals surface area contributed by atoms with E-state index in [0.29, 0.717) is 0 Å². The van der Waals surface area contributed by atoms with Crippen LogP contribution in [0.5, 0.6) is 0 Å². The van der Waals surface area contributed by atoms with Crippen molar-refractivity contribution in [2.75, 3.05) is 0 Å². The molecule has 2 N–H and O–H groups in total. The third-order valence-electron chi connectivity index (χ3n) is 1.36. The Hall–Kier alpha value is -0.204. The predicted molar refractivity (Wildman–Crippen MR) is 46.1 cm³/mol. The summed E-state index contributed by atoms with van der Waals surface area (Å²) in [4.78, 5) is 20.8. The van der Waals surface area contributed by atoms with Crippen molar-refractivity contribution in [2.45, 2.75) is 0 Å². The molecule has 1 aromatic rings. The molecule has 0 saturated carbocycles. The van der Waals surface area contributed by atoms with Crippen LogP contribution in [0.25, 0.3) is 0 Å². The standard InChI is InChI=1S/C8H6O4.K/c9-7(10)5-2-1-3-6(4-5)8(11)12;/h1-4H,(H,9,10)(H,11,12);. The van der Waals surface area contributed by atoms with E-state index in [0.717, 1.165) is 6.07 Å². The van der Waals surface area contributed by atoms with Crippen molar-refractivity contribution < 1.29 is 19.8 Å². The van der Waals surface area contributed by atoms with Crippen molar-refractivity contribution in [2.24, 2.45) is 0 Å². The van der Waals surface area contributed by atoms with Crippen LogP contribution in [0.15, 0.2) is 24.3 Å². The molecule has 0 aliphatic rings. The third kappa shape index (κ3) is 3.57. The molecule has 0 atom stereocenters. The first-order valence-electron chi connectivity index (χ1n) is 3.18. The molecule has 0 aliphatic carbocycles. The summed E-state index contributed by atoms with van der Waals surface area (Å²) in [5.74, 6) is -2.25. The molecular weight excluding hydrogens is 199 g/mol. The first kappa shape index (κ1) is 12.8. The van der Waals surface area contributed by atoms with Crippen molar-refractivity contribution in [1.82, 2.24) is 0 Å². The average molecular weight is 205 g/mol. The van der Waals surface area contributed by atoms with Gasteiger partial charge in [-0.1, -0.05) is 6.07 Å². The first-order chi connectivity index (χ1) is 5.61. The maximum atomic E-state index is 10.4. The number of rotatable bonds is 2. The van der Waals surface area contributed by atoms with Crippen LogP contribution in [-0.4, -0.2) is 73.5 Å². The Bertz CT molecular complexity index is 305. The number of benzene rings is 1. The molecule has 0 bridgehead atoms. The van der Waals surface area contributed by atoms with E-state index >= 15 is 0 Å². The van der Waals surface area contributed by atoms with Crippen LogP contribution in [0.1, 0.15) is 20.7 Å². The molecule has 0 spiro atoms. The number of carboxylic acid groups (broad SMARTS) is 2. The van der Waals surface area contributed by atoms with E-state index in [9.17, 15) is 9.59 Å². The second-order valence-corrected chi connectivity index (χ2v) is 2.19. The molecule has 0 amide bonds. The fraction of sp³-hybridized carbons (Fsp3) is 0. The van der Waals surface area contributed by atoms with Gasteiger partial charge in [-0.2, -0.15) is 0 Å². The van der Waals surface area contributed by atoms with E-state index in [4.69, 9.17) is 10.2 Å². The van der Waals surface area contributed by atoms with Crippen LogP contribution in [0.2, 0.25) is 0 Å². The molecular formula is C8H6KO4. The molecule has 5 heteroatoms. The minimum Gasteiger partial charge on any atom is -0.478 e. The zero-order chi connectivity index (χ0) is 9.14. The summed E-state index contributed by atoms with van der Waals surface area (Å²) in [5, 5.41) is 17.0. The van der Waals surface area contributed by atoms with Crippen LogP contribution >= 0.6 is 0 Å². The molecule has 1 rings (SSSR count). The van der Waals surface area contributed by atoms with Gasteiger partial charge in [-0.25, -0.2) is 9.59 Å². The zero-order valence-corrected chi connectivity index (χ0v) is 10.1. The summed E-state index contributed by atoms with van der Waals surface area (Å²) in [6.07, 6.45) is 0. The number of hydrogen-bond acceptors (Lipinski definition) is 2. The van der Waals surface area contributed by atoms with Gasteiger partial charge in [0.1, 0.15) is 0 Å². The van der Waals surface area contributed by atoms with Crippen LogP contribution in [0, 0.1) is 0 Å². The third-order valence-corrected chi connectivity index (χ3v) is 1.36. The summed E-state index contributed by atoms with van der Waals surface area (Å²) >= 11 is 0. The smallest absolute Gasteiger partial charge is 0.335 e. The quantitative estimate of drug-likeness (QED) is 0.697. The van der Waals surface area contributed by atoms with E-state index in [-0.39, 0.29) is 62.5 Å². The molecule has 0 fully saturated rings. The van der Waals surface area contributed by atoms with Crippen LogP contribution in [0.3, 0.4) is 0 Å². The summed E-state index contributed by atoms with van der Waals surface area (Å²) in [7, 11) is 0. The van der Waals surface area contributed by atoms with Crippen molar-refractivity contribution in [3.05, 3.63) is 35.4 Å². The first-order valence-corrected chi connectivity index (χ1v) is 3.18. The van der Waals surface area contributed by atoms with E-state index in [1.54, 1.807) is 0 Å². The normalized spacial score (nSPS) is 8.62. The SMILES string of the molecule is O=C(O)c1cccc(C(=O)O)c1.[K]. The predicted octanol–water partition coefficient (Wildman–Crippen LogP) is 0.702. The van der Waals surface area contributed by atoms with Gasteiger partial charge in [-0.05, 0) is 18.2 Å². The van der Waals surface area contributed by atoms with Gasteiger partial charge >= 0.3 is 11.9 Å². The average Bonchev–Trinajstić information content (AvgIpc) is 2.04. The Morgan fingerprint density at radius 2 is 1.38 bits per heavy atom. The molecule has 63 valence electrons. The molecule has 0 unspecified atom stereocenters. The van der Waals surface area contributed by atoms with Crippen molar-refractivity contribution in [3.8, 4) is 0 Å². The van der Waals surface area contributed by atoms with Crippen molar-refractivity contribution >= 4 is 63.3 Å². The second kappa shape index (κ2) is 5.51. The fourth-order valence-corrected chi connectivity index (χ4v) is 0.785. The van der Waals surface area contributed by atoms with Crippen LogP contribution < -0.4 is 0 Å². The second-order valence-electron chi connectivity index (χ2n) is 2.19. The van der Waals surface area contributed by atoms with Gasteiger partial charge in [0, 0.05) is 51.4 Å². The number of carboxylic acids is 2.